The number of anilines is 2. The Morgan fingerprint density at radius 2 is 1.52 bits per heavy atom. The summed E-state index contributed by atoms with van der Waals surface area (Å²) in [5.74, 6) is 0.591. The highest BCUT2D eigenvalue weighted by molar-refractivity contribution is 6.01. The minimum atomic E-state index is -0.564. The van der Waals surface area contributed by atoms with Crippen molar-refractivity contribution >= 4 is 29.1 Å². The fourth-order valence-electron chi connectivity index (χ4n) is 10.7. The molecule has 0 saturated carbocycles. The largest absolute Gasteiger partial charge is 0.507 e. The van der Waals surface area contributed by atoms with E-state index in [0.717, 1.165) is 101 Å². The van der Waals surface area contributed by atoms with Gasteiger partial charge in [-0.05, 0) is 105 Å². The van der Waals surface area contributed by atoms with Gasteiger partial charge in [0.25, 0.3) is 0 Å². The van der Waals surface area contributed by atoms with Crippen LogP contribution in [-0.2, 0) is 19.8 Å². The Bertz CT molecular complexity index is 2100. The van der Waals surface area contributed by atoms with Gasteiger partial charge in [0.15, 0.2) is 0 Å². The Morgan fingerprint density at radius 3 is 2.26 bits per heavy atom. The van der Waals surface area contributed by atoms with Crippen molar-refractivity contribution in [3.05, 3.63) is 102 Å². The van der Waals surface area contributed by atoms with Gasteiger partial charge >= 0.3 is 0 Å². The highest BCUT2D eigenvalue weighted by Gasteiger charge is 2.51. The zero-order valence-electron chi connectivity index (χ0n) is 33.4. The van der Waals surface area contributed by atoms with E-state index in [1.165, 1.54) is 31.4 Å². The number of carbonyl (C=O) groups excluding carboxylic acids is 3. The number of carbonyl (C=O) groups is 3. The zero-order valence-corrected chi connectivity index (χ0v) is 33.4. The molecule has 6 heterocycles. The smallest absolute Gasteiger partial charge is 0.234 e. The van der Waals surface area contributed by atoms with Crippen LogP contribution >= 0.6 is 0 Å². The van der Waals surface area contributed by atoms with E-state index in [4.69, 9.17) is 0 Å². The first kappa shape index (κ1) is 38.2. The molecule has 5 aliphatic rings. The zero-order chi connectivity index (χ0) is 39.7. The first-order valence-electron chi connectivity index (χ1n) is 21.4. The predicted molar refractivity (Wildman–Crippen MR) is 225 cm³/mol. The molecule has 58 heavy (non-hydrogen) atoms. The van der Waals surface area contributed by atoms with Crippen molar-refractivity contribution in [3.8, 4) is 17.0 Å². The number of piperidine rings is 4. The van der Waals surface area contributed by atoms with E-state index < -0.39 is 5.41 Å². The van der Waals surface area contributed by atoms with Crippen molar-refractivity contribution in [3.63, 3.8) is 0 Å². The molecule has 0 bridgehead atoms. The summed E-state index contributed by atoms with van der Waals surface area (Å²) < 4.78 is 0. The van der Waals surface area contributed by atoms with E-state index in [1.54, 1.807) is 18.3 Å². The molecule has 5 aliphatic heterocycles. The van der Waals surface area contributed by atoms with Crippen molar-refractivity contribution in [2.45, 2.75) is 69.1 Å². The van der Waals surface area contributed by atoms with E-state index >= 15 is 0 Å². The summed E-state index contributed by atoms with van der Waals surface area (Å²) in [7, 11) is 0. The Balaban J connectivity index is 0.775. The third kappa shape index (κ3) is 7.68. The Morgan fingerprint density at radius 1 is 0.793 bits per heavy atom. The van der Waals surface area contributed by atoms with Crippen molar-refractivity contribution < 1.29 is 19.5 Å². The number of amides is 3. The van der Waals surface area contributed by atoms with Crippen molar-refractivity contribution in [1.29, 1.82) is 0 Å². The molecule has 4 aromatic rings. The number of phenols is 1. The first-order valence-corrected chi connectivity index (χ1v) is 21.4. The number of para-hydroxylation sites is 1. The third-order valence-corrected chi connectivity index (χ3v) is 14.0. The van der Waals surface area contributed by atoms with Crippen LogP contribution < -0.4 is 15.1 Å². The van der Waals surface area contributed by atoms with E-state index in [2.05, 4.69) is 83.6 Å². The van der Waals surface area contributed by atoms with Crippen LogP contribution in [0, 0.1) is 11.3 Å². The van der Waals surface area contributed by atoms with Gasteiger partial charge in [-0.25, -0.2) is 0 Å². The van der Waals surface area contributed by atoms with Gasteiger partial charge in [0.2, 0.25) is 17.7 Å². The van der Waals surface area contributed by atoms with Crippen LogP contribution in [0.15, 0.2) is 91.1 Å². The number of aromatic nitrogens is 2. The number of aromatic hydroxyl groups is 1. The summed E-state index contributed by atoms with van der Waals surface area (Å²) in [5.41, 5.74) is 5.19. The highest BCUT2D eigenvalue weighted by Crippen LogP contribution is 2.44. The lowest BCUT2D eigenvalue weighted by Crippen LogP contribution is -2.65. The number of phenolic OH excluding ortho intramolecular Hbond substituents is 1. The van der Waals surface area contributed by atoms with E-state index in [9.17, 15) is 19.5 Å². The number of imide groups is 1. The molecule has 1 aromatic heterocycles. The molecule has 1 atom stereocenters. The normalized spacial score (nSPS) is 22.4. The summed E-state index contributed by atoms with van der Waals surface area (Å²) in [5, 5.41) is 21.5. The second-order valence-electron chi connectivity index (χ2n) is 17.6. The number of hydrogen-bond acceptors (Lipinski definition) is 9. The predicted octanol–water partition coefficient (Wildman–Crippen LogP) is 6.14. The molecular formula is C47H55N7O4. The molecule has 3 aromatic carbocycles. The molecule has 302 valence electrons. The van der Waals surface area contributed by atoms with Crippen LogP contribution in [-0.4, -0.2) is 102 Å². The van der Waals surface area contributed by atoms with Crippen LogP contribution in [0.3, 0.4) is 0 Å². The van der Waals surface area contributed by atoms with E-state index in [1.807, 2.05) is 24.3 Å². The second-order valence-corrected chi connectivity index (χ2v) is 17.6. The van der Waals surface area contributed by atoms with Gasteiger partial charge in [0.05, 0.1) is 28.9 Å². The lowest BCUT2D eigenvalue weighted by molar-refractivity contribution is -0.146. The third-order valence-electron chi connectivity index (χ3n) is 14.0. The maximum atomic E-state index is 14.9. The van der Waals surface area contributed by atoms with Crippen LogP contribution in [0.5, 0.6) is 5.75 Å². The molecule has 0 unspecified atom stereocenters. The molecule has 11 heteroatoms. The number of likely N-dealkylation sites (tertiary alicyclic amines) is 2. The molecule has 0 radical (unpaired) electrons. The number of rotatable bonds is 9. The molecule has 9 rings (SSSR count). The van der Waals surface area contributed by atoms with Gasteiger partial charge in [-0.2, -0.15) is 10.2 Å². The van der Waals surface area contributed by atoms with Gasteiger partial charge < -0.3 is 24.7 Å². The number of benzene rings is 3. The molecule has 0 aliphatic carbocycles. The first-order chi connectivity index (χ1) is 28.3. The number of hydrogen-bond donors (Lipinski definition) is 2. The Hall–Kier alpha value is -5.29. The van der Waals surface area contributed by atoms with Crippen LogP contribution in [0.25, 0.3) is 11.3 Å². The van der Waals surface area contributed by atoms with Crippen molar-refractivity contribution in [2.75, 3.05) is 68.7 Å². The lowest BCUT2D eigenvalue weighted by Gasteiger charge is -2.56. The van der Waals surface area contributed by atoms with E-state index in [-0.39, 0.29) is 34.8 Å². The van der Waals surface area contributed by atoms with Gasteiger partial charge in [-0.15, -0.1) is 0 Å². The second kappa shape index (κ2) is 16.2. The quantitative estimate of drug-likeness (QED) is 0.193. The minimum Gasteiger partial charge on any atom is -0.507 e. The summed E-state index contributed by atoms with van der Waals surface area (Å²) in [4.78, 5) is 48.4. The maximum absolute atomic E-state index is 14.9. The maximum Gasteiger partial charge on any atom is 0.234 e. The summed E-state index contributed by atoms with van der Waals surface area (Å²) in [6.45, 7) is 8.51. The minimum absolute atomic E-state index is 0.175. The van der Waals surface area contributed by atoms with Gasteiger partial charge in [0, 0.05) is 75.4 Å². The average molecular weight is 782 g/mol. The number of nitrogens with one attached hydrogen (secondary N) is 1. The van der Waals surface area contributed by atoms with Crippen LogP contribution in [0.2, 0.25) is 0 Å². The fraction of sp³-hybridized carbons (Fsp3) is 0.468. The fourth-order valence-corrected chi connectivity index (χ4v) is 10.7. The molecular weight excluding hydrogens is 727 g/mol. The SMILES string of the molecule is O=C1CC[C@H](c2ccc(N3CCC(CCN4CC5(CCCN(C(=O)C6(c7ccccc7)CCN(c7cnnc(-c8ccccc8O)c7)CC6)C5)C4)CC3)cc2)C(=O)N1. The average Bonchev–Trinajstić information content (AvgIpc) is 3.25. The van der Waals surface area contributed by atoms with Gasteiger partial charge in [-0.1, -0.05) is 54.6 Å². The van der Waals surface area contributed by atoms with Gasteiger partial charge in [-0.3, -0.25) is 19.7 Å². The van der Waals surface area contributed by atoms with Crippen LogP contribution in [0.4, 0.5) is 11.4 Å². The topological polar surface area (TPSA) is 122 Å². The van der Waals surface area contributed by atoms with E-state index in [0.29, 0.717) is 24.1 Å². The molecule has 5 fully saturated rings. The summed E-state index contributed by atoms with van der Waals surface area (Å²) in [6, 6.07) is 28.0. The molecule has 2 N–H and O–H groups in total. The van der Waals surface area contributed by atoms with Gasteiger partial charge in [0.1, 0.15) is 5.75 Å². The standard InChI is InChI=1S/C47H55N7O4/c55-42-10-5-4-9-40(42)41-29-38(30-48-50-41)53-27-21-47(22-28-53,36-7-2-1-3-8-36)45(58)54-23-6-20-46(33-54)31-51(32-46)24-17-34-18-25-52(26-19-34)37-13-11-35(12-14-37)39-15-16-43(56)49-44(39)57/h1-5,7-14,29-30,34,39,55H,6,15-28,31-33H2,(H,49,56,57)/t39-/m1/s1. The molecule has 11 nitrogen and oxygen atoms in total. The summed E-state index contributed by atoms with van der Waals surface area (Å²) in [6.07, 6.45) is 10.1. The van der Waals surface area contributed by atoms with Crippen molar-refractivity contribution in [1.82, 2.24) is 25.3 Å². The van der Waals surface area contributed by atoms with Crippen molar-refractivity contribution in [2.24, 2.45) is 11.3 Å². The lowest BCUT2D eigenvalue weighted by atomic mass is 9.69. The molecule has 1 spiro atoms. The summed E-state index contributed by atoms with van der Waals surface area (Å²) >= 11 is 0. The molecule has 5 saturated heterocycles. The monoisotopic (exact) mass is 781 g/mol. The Kier molecular flexibility index (Phi) is 10.7. The number of nitrogens with zero attached hydrogens (tertiary/aromatic N) is 6. The Labute approximate surface area is 341 Å². The highest BCUT2D eigenvalue weighted by atomic mass is 16.3. The molecule has 3 amide bonds. The van der Waals surface area contributed by atoms with Crippen LogP contribution in [0.1, 0.15) is 74.8 Å².